The highest BCUT2D eigenvalue weighted by Crippen LogP contribution is 2.31. The Balaban J connectivity index is 0.00000192. The van der Waals surface area contributed by atoms with Gasteiger partial charge in [0.1, 0.15) is 11.9 Å². The van der Waals surface area contributed by atoms with Crippen molar-refractivity contribution in [2.75, 3.05) is 0 Å². The molecule has 118 valence electrons. The zero-order chi connectivity index (χ0) is 16.0. The van der Waals surface area contributed by atoms with Gasteiger partial charge in [-0.2, -0.15) is 0 Å². The van der Waals surface area contributed by atoms with E-state index in [-0.39, 0.29) is 32.1 Å². The minimum absolute atomic E-state index is 0. The maximum absolute atomic E-state index is 14.1. The van der Waals surface area contributed by atoms with Crippen molar-refractivity contribution >= 4 is 17.7 Å². The van der Waals surface area contributed by atoms with Crippen molar-refractivity contribution in [2.24, 2.45) is 0 Å². The molecule has 1 aromatic rings. The van der Waals surface area contributed by atoms with Gasteiger partial charge in [-0.05, 0) is 29.5 Å². The molecule has 1 aromatic carbocycles. The van der Waals surface area contributed by atoms with Crippen LogP contribution in [0.25, 0.3) is 0 Å². The van der Waals surface area contributed by atoms with Crippen LogP contribution >= 0.6 is 0 Å². The number of imide groups is 1. The second kappa shape index (κ2) is 5.19. The fourth-order valence-corrected chi connectivity index (χ4v) is 3.05. The highest BCUT2D eigenvalue weighted by Gasteiger charge is 2.39. The topological polar surface area (TPSA) is 66.5 Å². The number of rotatable bonds is 2. The first-order valence-electron chi connectivity index (χ1n) is 7.35. The van der Waals surface area contributed by atoms with E-state index in [1.807, 2.05) is 13.8 Å². The van der Waals surface area contributed by atoms with Crippen molar-refractivity contribution in [3.8, 4) is 0 Å². The van der Waals surface area contributed by atoms with Gasteiger partial charge < -0.3 is 4.90 Å². The minimum Gasteiger partial charge on any atom is -0.322 e. The third kappa shape index (κ3) is 2.28. The molecule has 1 atom stereocenters. The number of hydrogen-bond acceptors (Lipinski definition) is 3. The lowest BCUT2D eigenvalue weighted by molar-refractivity contribution is -0.136. The summed E-state index contributed by atoms with van der Waals surface area (Å²) in [4.78, 5) is 37.0. The molecule has 1 unspecified atom stereocenters. The highest BCUT2D eigenvalue weighted by molar-refractivity contribution is 6.05. The summed E-state index contributed by atoms with van der Waals surface area (Å²) < 4.78 is 14.1. The molecule has 1 fully saturated rings. The van der Waals surface area contributed by atoms with Crippen LogP contribution in [0.3, 0.4) is 0 Å². The Morgan fingerprint density at radius 1 is 1.32 bits per heavy atom. The van der Waals surface area contributed by atoms with Gasteiger partial charge in [-0.15, -0.1) is 0 Å². The number of hydrogen-bond donors (Lipinski definition) is 1. The molecule has 5 nitrogen and oxygen atoms in total. The molecule has 0 aromatic heterocycles. The molecule has 2 aliphatic heterocycles. The summed E-state index contributed by atoms with van der Waals surface area (Å²) >= 11 is 0. The third-order valence-corrected chi connectivity index (χ3v) is 4.26. The van der Waals surface area contributed by atoms with Crippen LogP contribution in [0.4, 0.5) is 4.39 Å². The summed E-state index contributed by atoms with van der Waals surface area (Å²) in [6, 6.07) is 2.31. The molecule has 0 spiro atoms. The van der Waals surface area contributed by atoms with Gasteiger partial charge in [0.2, 0.25) is 11.8 Å². The number of nitrogens with zero attached hydrogens (tertiary/aromatic N) is 1. The van der Waals surface area contributed by atoms with Crippen LogP contribution < -0.4 is 5.32 Å². The summed E-state index contributed by atoms with van der Waals surface area (Å²) in [5, 5.41) is 2.25. The number of carbonyl (C=O) groups excluding carboxylic acids is 3. The molecule has 6 heteroatoms. The zero-order valence-electron chi connectivity index (χ0n) is 12.5. The van der Waals surface area contributed by atoms with Crippen molar-refractivity contribution in [3.05, 3.63) is 34.6 Å². The number of piperidine rings is 1. The molecule has 3 amide bonds. The Morgan fingerprint density at radius 2 is 2.05 bits per heavy atom. The van der Waals surface area contributed by atoms with Gasteiger partial charge in [-0.25, -0.2) is 4.39 Å². The van der Waals surface area contributed by atoms with E-state index in [0.717, 1.165) is 5.56 Å². The lowest BCUT2D eigenvalue weighted by Gasteiger charge is -2.29. The van der Waals surface area contributed by atoms with E-state index >= 15 is 0 Å². The number of benzene rings is 1. The largest absolute Gasteiger partial charge is 0.322 e. The first-order valence-corrected chi connectivity index (χ1v) is 7.35. The molecule has 2 aliphatic rings. The Hall–Kier alpha value is -2.24. The molecule has 22 heavy (non-hydrogen) atoms. The Morgan fingerprint density at radius 3 is 2.68 bits per heavy atom. The van der Waals surface area contributed by atoms with Crippen LogP contribution in [-0.2, 0) is 16.1 Å². The van der Waals surface area contributed by atoms with Crippen molar-refractivity contribution < 1.29 is 20.2 Å². The quantitative estimate of drug-likeness (QED) is 0.849. The normalized spacial score (nSPS) is 21.4. The number of fused-ring (bicyclic) bond motifs is 1. The summed E-state index contributed by atoms with van der Waals surface area (Å²) in [7, 11) is 0. The monoisotopic (exact) mass is 306 g/mol. The van der Waals surface area contributed by atoms with Crippen molar-refractivity contribution in [2.45, 2.75) is 45.2 Å². The van der Waals surface area contributed by atoms with Gasteiger partial charge in [-0.3, -0.25) is 19.7 Å². The number of carbonyl (C=O) groups is 3. The molecule has 2 heterocycles. The third-order valence-electron chi connectivity index (χ3n) is 4.26. The van der Waals surface area contributed by atoms with Crippen LogP contribution in [0.15, 0.2) is 12.1 Å². The van der Waals surface area contributed by atoms with E-state index in [1.54, 1.807) is 6.07 Å². The molecule has 1 saturated heterocycles. The molecule has 0 saturated carbocycles. The lowest BCUT2D eigenvalue weighted by atomic mass is 9.98. The van der Waals surface area contributed by atoms with Crippen molar-refractivity contribution in [1.29, 1.82) is 0 Å². The van der Waals surface area contributed by atoms with Gasteiger partial charge in [0.25, 0.3) is 5.91 Å². The number of amides is 3. The van der Waals surface area contributed by atoms with Gasteiger partial charge in [0.15, 0.2) is 0 Å². The summed E-state index contributed by atoms with van der Waals surface area (Å²) in [5.41, 5.74) is 1.61. The Labute approximate surface area is 129 Å². The predicted octanol–water partition coefficient (Wildman–Crippen LogP) is 1.96. The van der Waals surface area contributed by atoms with E-state index in [0.29, 0.717) is 17.5 Å². The van der Waals surface area contributed by atoms with Crippen LogP contribution in [0, 0.1) is 5.82 Å². The zero-order valence-corrected chi connectivity index (χ0v) is 12.5. The average Bonchev–Trinajstić information content (AvgIpc) is 2.75. The molecule has 0 radical (unpaired) electrons. The first kappa shape index (κ1) is 14.7. The van der Waals surface area contributed by atoms with Crippen LogP contribution in [0.2, 0.25) is 0 Å². The van der Waals surface area contributed by atoms with E-state index in [2.05, 4.69) is 5.32 Å². The summed E-state index contributed by atoms with van der Waals surface area (Å²) in [5.74, 6) is -1.50. The van der Waals surface area contributed by atoms with Gasteiger partial charge in [-0.1, -0.05) is 19.9 Å². The Kier molecular flexibility index (Phi) is 3.47. The van der Waals surface area contributed by atoms with Crippen LogP contribution in [-0.4, -0.2) is 28.7 Å². The summed E-state index contributed by atoms with van der Waals surface area (Å²) in [6.45, 7) is 4.06. The van der Waals surface area contributed by atoms with E-state index in [9.17, 15) is 18.8 Å². The van der Waals surface area contributed by atoms with Gasteiger partial charge >= 0.3 is 0 Å². The molecule has 1 N–H and O–H groups in total. The Bertz CT molecular complexity index is 690. The number of nitrogens with one attached hydrogen (secondary N) is 1. The maximum Gasteiger partial charge on any atom is 0.255 e. The molecule has 3 rings (SSSR count). The van der Waals surface area contributed by atoms with E-state index in [1.165, 1.54) is 11.0 Å². The van der Waals surface area contributed by atoms with E-state index in [4.69, 9.17) is 0 Å². The molecular weight excluding hydrogens is 287 g/mol. The SMILES string of the molecule is CC(C)c1cc2c(cc1F)C(=O)N(C1CCC(=O)NC1=O)C2.[HH]. The molecular formula is C16H19FN2O3. The fourth-order valence-electron chi connectivity index (χ4n) is 3.05. The molecule has 0 bridgehead atoms. The van der Waals surface area contributed by atoms with Gasteiger partial charge in [0.05, 0.1) is 0 Å². The maximum atomic E-state index is 14.1. The molecule has 0 aliphatic carbocycles. The minimum atomic E-state index is -0.664. The highest BCUT2D eigenvalue weighted by atomic mass is 19.1. The second-order valence-corrected chi connectivity index (χ2v) is 6.09. The standard InChI is InChI=1S/C16H17FN2O3.H2/c1-8(2)10-5-9-7-19(16(22)11(9)6-12(10)17)13-3-4-14(20)18-15(13)21;/h5-6,8,13H,3-4,7H2,1-2H3,(H,18,20,21);1H. The van der Waals surface area contributed by atoms with Crippen LogP contribution in [0.1, 0.15) is 55.5 Å². The van der Waals surface area contributed by atoms with Crippen molar-refractivity contribution in [3.63, 3.8) is 0 Å². The van der Waals surface area contributed by atoms with Gasteiger partial charge in [0, 0.05) is 20.0 Å². The van der Waals surface area contributed by atoms with Crippen LogP contribution in [0.5, 0.6) is 0 Å². The fraction of sp³-hybridized carbons (Fsp3) is 0.438. The lowest BCUT2D eigenvalue weighted by Crippen LogP contribution is -2.52. The smallest absolute Gasteiger partial charge is 0.255 e. The number of halogens is 1. The second-order valence-electron chi connectivity index (χ2n) is 6.09. The first-order chi connectivity index (χ1) is 10.4. The summed E-state index contributed by atoms with van der Waals surface area (Å²) in [6.07, 6.45) is 0.520. The average molecular weight is 306 g/mol. The predicted molar refractivity (Wildman–Crippen MR) is 78.6 cm³/mol. The van der Waals surface area contributed by atoms with Crippen molar-refractivity contribution in [1.82, 2.24) is 10.2 Å². The van der Waals surface area contributed by atoms with E-state index < -0.39 is 17.8 Å².